The lowest BCUT2D eigenvalue weighted by Gasteiger charge is -2.38. The second-order valence-corrected chi connectivity index (χ2v) is 5.18. The third-order valence-electron chi connectivity index (χ3n) is 3.84. The van der Waals surface area contributed by atoms with Crippen molar-refractivity contribution >= 4 is 0 Å². The summed E-state index contributed by atoms with van der Waals surface area (Å²) >= 11 is 0. The maximum atomic E-state index is 12.8. The predicted molar refractivity (Wildman–Crippen MR) is 63.1 cm³/mol. The van der Waals surface area contributed by atoms with Gasteiger partial charge in [-0.3, -0.25) is 0 Å². The molecule has 0 heterocycles. The van der Waals surface area contributed by atoms with Crippen molar-refractivity contribution in [1.29, 1.82) is 0 Å². The van der Waals surface area contributed by atoms with Crippen LogP contribution in [0.5, 0.6) is 0 Å². The van der Waals surface area contributed by atoms with E-state index in [0.29, 0.717) is 18.4 Å². The van der Waals surface area contributed by atoms with Crippen LogP contribution in [-0.4, -0.2) is 11.3 Å². The van der Waals surface area contributed by atoms with Crippen LogP contribution in [0.15, 0.2) is 24.3 Å². The summed E-state index contributed by atoms with van der Waals surface area (Å²) in [6.45, 7) is 1.82. The quantitative estimate of drug-likeness (QED) is 0.809. The van der Waals surface area contributed by atoms with Crippen molar-refractivity contribution in [3.8, 4) is 0 Å². The van der Waals surface area contributed by atoms with E-state index in [1.807, 2.05) is 19.1 Å². The lowest BCUT2D eigenvalue weighted by molar-refractivity contribution is -0.202. The lowest BCUT2D eigenvalue weighted by Crippen LogP contribution is -2.38. The average Bonchev–Trinajstić information content (AvgIpc) is 2.28. The Kier molecular flexibility index (Phi) is 3.41. The molecule has 1 nitrogen and oxygen atoms in total. The predicted octanol–water partition coefficient (Wildman–Crippen LogP) is 3.94. The third-order valence-corrected chi connectivity index (χ3v) is 3.84. The molecule has 4 heteroatoms. The van der Waals surface area contributed by atoms with Crippen LogP contribution >= 0.6 is 0 Å². The van der Waals surface area contributed by atoms with Crippen molar-refractivity contribution in [1.82, 2.24) is 0 Å². The average molecular weight is 258 g/mol. The first-order valence-electron chi connectivity index (χ1n) is 6.18. The monoisotopic (exact) mass is 258 g/mol. The van der Waals surface area contributed by atoms with Gasteiger partial charge in [-0.05, 0) is 43.7 Å². The Hall–Kier alpha value is -1.03. The largest absolute Gasteiger partial charge is 0.391 e. The molecule has 0 spiro atoms. The molecule has 1 aromatic rings. The molecular weight excluding hydrogens is 241 g/mol. The summed E-state index contributed by atoms with van der Waals surface area (Å²) in [5.41, 5.74) is 0.158. The molecule has 0 radical (unpaired) electrons. The summed E-state index contributed by atoms with van der Waals surface area (Å²) in [5.74, 6) is -1.39. The van der Waals surface area contributed by atoms with Crippen molar-refractivity contribution in [2.75, 3.05) is 0 Å². The molecule has 0 aromatic heterocycles. The van der Waals surface area contributed by atoms with E-state index in [0.717, 1.165) is 5.56 Å². The summed E-state index contributed by atoms with van der Waals surface area (Å²) in [7, 11) is 0. The maximum Gasteiger partial charge on any atom is 0.391 e. The Morgan fingerprint density at radius 3 is 2.56 bits per heavy atom. The summed E-state index contributed by atoms with van der Waals surface area (Å²) in [6, 6.07) is 7.14. The first-order valence-corrected chi connectivity index (χ1v) is 6.18. The number of aryl methyl sites for hydroxylation is 1. The fourth-order valence-corrected chi connectivity index (χ4v) is 2.87. The van der Waals surface area contributed by atoms with Crippen molar-refractivity contribution in [2.24, 2.45) is 5.92 Å². The molecule has 2 unspecified atom stereocenters. The summed E-state index contributed by atoms with van der Waals surface area (Å²) in [5, 5.41) is 10.6. The van der Waals surface area contributed by atoms with Crippen molar-refractivity contribution in [3.05, 3.63) is 35.4 Å². The molecule has 1 aliphatic rings. The van der Waals surface area contributed by atoms with Crippen molar-refractivity contribution in [3.63, 3.8) is 0 Å². The number of hydrogen-bond acceptors (Lipinski definition) is 1. The minimum atomic E-state index is -4.21. The second-order valence-electron chi connectivity index (χ2n) is 5.18. The maximum absolute atomic E-state index is 12.8. The van der Waals surface area contributed by atoms with E-state index in [1.165, 1.54) is 0 Å². The van der Waals surface area contributed by atoms with Crippen molar-refractivity contribution < 1.29 is 18.3 Å². The van der Waals surface area contributed by atoms with Gasteiger partial charge in [-0.2, -0.15) is 13.2 Å². The number of halogens is 3. The van der Waals surface area contributed by atoms with E-state index in [9.17, 15) is 18.3 Å². The molecule has 1 saturated carbocycles. The lowest BCUT2D eigenvalue weighted by atomic mass is 9.73. The number of benzene rings is 1. The van der Waals surface area contributed by atoms with E-state index in [4.69, 9.17) is 0 Å². The van der Waals surface area contributed by atoms with E-state index in [-0.39, 0.29) is 12.8 Å². The number of rotatable bonds is 1. The Morgan fingerprint density at radius 1 is 1.28 bits per heavy atom. The molecule has 2 rings (SSSR count). The molecule has 1 N–H and O–H groups in total. The van der Waals surface area contributed by atoms with E-state index in [2.05, 4.69) is 0 Å². The fraction of sp³-hybridized carbons (Fsp3) is 0.571. The standard InChI is InChI=1S/C14H17F3O/c1-10-5-2-3-7-12(10)13(18)8-4-6-11(9-13)14(15,16)17/h2-3,5,7,11,18H,4,6,8-9H2,1H3. The van der Waals surface area contributed by atoms with Gasteiger partial charge in [0.2, 0.25) is 0 Å². The van der Waals surface area contributed by atoms with Gasteiger partial charge in [0, 0.05) is 0 Å². The summed E-state index contributed by atoms with van der Waals surface area (Å²) in [6.07, 6.45) is -3.49. The van der Waals surface area contributed by atoms with Crippen LogP contribution in [0.1, 0.15) is 36.8 Å². The van der Waals surface area contributed by atoms with Crippen LogP contribution in [0.3, 0.4) is 0 Å². The third kappa shape index (κ3) is 2.53. The molecule has 0 saturated heterocycles. The molecule has 0 amide bonds. The van der Waals surface area contributed by atoms with Gasteiger partial charge in [0.25, 0.3) is 0 Å². The van der Waals surface area contributed by atoms with Gasteiger partial charge < -0.3 is 5.11 Å². The van der Waals surface area contributed by atoms with Crippen LogP contribution < -0.4 is 0 Å². The minimum Gasteiger partial charge on any atom is -0.385 e. The molecule has 1 aromatic carbocycles. The van der Waals surface area contributed by atoms with Crippen LogP contribution in [0, 0.1) is 12.8 Å². The minimum absolute atomic E-state index is 0.123. The van der Waals surface area contributed by atoms with Crippen LogP contribution in [-0.2, 0) is 5.60 Å². The number of alkyl halides is 3. The van der Waals surface area contributed by atoms with Gasteiger partial charge in [-0.1, -0.05) is 24.3 Å². The van der Waals surface area contributed by atoms with Gasteiger partial charge in [-0.25, -0.2) is 0 Å². The highest BCUT2D eigenvalue weighted by Crippen LogP contribution is 2.46. The van der Waals surface area contributed by atoms with Crippen LogP contribution in [0.4, 0.5) is 13.2 Å². The molecular formula is C14H17F3O. The second kappa shape index (κ2) is 4.57. The highest BCUT2D eigenvalue weighted by Gasteiger charge is 2.47. The van der Waals surface area contributed by atoms with Gasteiger partial charge in [0.15, 0.2) is 0 Å². The zero-order valence-corrected chi connectivity index (χ0v) is 10.3. The first kappa shape index (κ1) is 13.4. The summed E-state index contributed by atoms with van der Waals surface area (Å²) < 4.78 is 38.4. The highest BCUT2D eigenvalue weighted by molar-refractivity contribution is 5.31. The van der Waals surface area contributed by atoms with Gasteiger partial charge in [0.05, 0.1) is 11.5 Å². The van der Waals surface area contributed by atoms with E-state index < -0.39 is 17.7 Å². The van der Waals surface area contributed by atoms with Crippen LogP contribution in [0.25, 0.3) is 0 Å². The molecule has 18 heavy (non-hydrogen) atoms. The zero-order valence-electron chi connectivity index (χ0n) is 10.3. The summed E-state index contributed by atoms with van der Waals surface area (Å²) in [4.78, 5) is 0. The van der Waals surface area contributed by atoms with E-state index >= 15 is 0 Å². The number of aliphatic hydroxyl groups is 1. The molecule has 2 atom stereocenters. The Labute approximate surface area is 105 Å². The Morgan fingerprint density at radius 2 is 1.94 bits per heavy atom. The molecule has 0 bridgehead atoms. The molecule has 1 fully saturated rings. The fourth-order valence-electron chi connectivity index (χ4n) is 2.87. The van der Waals surface area contributed by atoms with Crippen molar-refractivity contribution in [2.45, 2.75) is 44.4 Å². The van der Waals surface area contributed by atoms with Gasteiger partial charge in [-0.15, -0.1) is 0 Å². The smallest absolute Gasteiger partial charge is 0.385 e. The normalized spacial score (nSPS) is 29.3. The van der Waals surface area contributed by atoms with Crippen LogP contribution in [0.2, 0.25) is 0 Å². The molecule has 1 aliphatic carbocycles. The zero-order chi connectivity index (χ0) is 13.4. The highest BCUT2D eigenvalue weighted by atomic mass is 19.4. The van der Waals surface area contributed by atoms with Gasteiger partial charge >= 0.3 is 6.18 Å². The molecule has 100 valence electrons. The topological polar surface area (TPSA) is 20.2 Å². The number of hydrogen-bond donors (Lipinski definition) is 1. The Bertz CT molecular complexity index is 427. The van der Waals surface area contributed by atoms with E-state index in [1.54, 1.807) is 12.1 Å². The molecule has 0 aliphatic heterocycles. The van der Waals surface area contributed by atoms with Gasteiger partial charge in [0.1, 0.15) is 0 Å². The SMILES string of the molecule is Cc1ccccc1C1(O)CCCC(C(F)(F)F)C1. The Balaban J connectivity index is 2.29. The first-order chi connectivity index (χ1) is 8.33.